The fourth-order valence-corrected chi connectivity index (χ4v) is 3.80. The van der Waals surface area contributed by atoms with Crippen LogP contribution in [0.15, 0.2) is 28.2 Å². The van der Waals surface area contributed by atoms with Gasteiger partial charge in [-0.3, -0.25) is 20.9 Å². The highest BCUT2D eigenvalue weighted by Gasteiger charge is 2.17. The summed E-state index contributed by atoms with van der Waals surface area (Å²) in [7, 11) is 0. The summed E-state index contributed by atoms with van der Waals surface area (Å²) in [5.74, 6) is -0.466. The van der Waals surface area contributed by atoms with Gasteiger partial charge < -0.3 is 5.73 Å². The minimum absolute atomic E-state index is 0.0464. The first-order valence-electron chi connectivity index (χ1n) is 7.54. The molecule has 8 nitrogen and oxygen atoms in total. The quantitative estimate of drug-likeness (QED) is 0.312. The maximum atomic E-state index is 11.1. The van der Waals surface area contributed by atoms with E-state index in [1.165, 1.54) is 25.3 Å². The SMILES string of the molecule is N#C/C(=N\Nc1cc(SC2CCCCC2)cc([N+](=O)[O-])c1)C(=N)N. The second kappa shape index (κ2) is 8.31. The Morgan fingerprint density at radius 1 is 1.42 bits per heavy atom. The van der Waals surface area contributed by atoms with Crippen molar-refractivity contribution in [3.05, 3.63) is 28.3 Å². The second-order valence-corrected chi connectivity index (χ2v) is 6.82. The van der Waals surface area contributed by atoms with Gasteiger partial charge in [0.05, 0.1) is 10.6 Å². The molecular weight excluding hydrogens is 328 g/mol. The number of hydrazone groups is 1. The third-order valence-corrected chi connectivity index (χ3v) is 4.93. The van der Waals surface area contributed by atoms with Crippen LogP contribution in [0.5, 0.6) is 0 Å². The Morgan fingerprint density at radius 3 is 2.71 bits per heavy atom. The van der Waals surface area contributed by atoms with E-state index in [0.29, 0.717) is 10.9 Å². The number of hydrogen-bond acceptors (Lipinski definition) is 7. The first-order valence-corrected chi connectivity index (χ1v) is 8.42. The van der Waals surface area contributed by atoms with Crippen molar-refractivity contribution in [2.24, 2.45) is 10.8 Å². The van der Waals surface area contributed by atoms with E-state index in [-0.39, 0.29) is 11.4 Å². The van der Waals surface area contributed by atoms with Gasteiger partial charge in [-0.2, -0.15) is 10.4 Å². The smallest absolute Gasteiger partial charge is 0.272 e. The molecule has 1 saturated carbocycles. The van der Waals surface area contributed by atoms with Crippen molar-refractivity contribution in [1.82, 2.24) is 0 Å². The van der Waals surface area contributed by atoms with Crippen molar-refractivity contribution in [2.45, 2.75) is 42.2 Å². The van der Waals surface area contributed by atoms with Gasteiger partial charge >= 0.3 is 0 Å². The Balaban J connectivity index is 2.22. The minimum atomic E-state index is -0.466. The number of benzene rings is 1. The number of rotatable bonds is 6. The number of nitrogens with zero attached hydrogens (tertiary/aromatic N) is 3. The topological polar surface area (TPSA) is 141 Å². The Bertz CT molecular complexity index is 706. The van der Waals surface area contributed by atoms with Gasteiger partial charge in [0.25, 0.3) is 5.69 Å². The van der Waals surface area contributed by atoms with E-state index in [2.05, 4.69) is 10.5 Å². The summed E-state index contributed by atoms with van der Waals surface area (Å²) in [5.41, 5.74) is 7.86. The first-order chi connectivity index (χ1) is 11.5. The molecule has 126 valence electrons. The lowest BCUT2D eigenvalue weighted by atomic mass is 10.0. The van der Waals surface area contributed by atoms with Crippen LogP contribution in [0, 0.1) is 26.9 Å². The van der Waals surface area contributed by atoms with E-state index >= 15 is 0 Å². The third-order valence-electron chi connectivity index (χ3n) is 3.61. The minimum Gasteiger partial charge on any atom is -0.382 e. The molecule has 0 radical (unpaired) electrons. The van der Waals surface area contributed by atoms with Crippen LogP contribution in [0.2, 0.25) is 0 Å². The Kier molecular flexibility index (Phi) is 6.14. The number of anilines is 1. The zero-order chi connectivity index (χ0) is 17.5. The Hall–Kier alpha value is -2.60. The highest BCUT2D eigenvalue weighted by molar-refractivity contribution is 8.00. The Morgan fingerprint density at radius 2 is 2.12 bits per heavy atom. The summed E-state index contributed by atoms with van der Waals surface area (Å²) in [6, 6.07) is 6.33. The molecule has 1 aliphatic carbocycles. The monoisotopic (exact) mass is 346 g/mol. The molecule has 0 saturated heterocycles. The van der Waals surface area contributed by atoms with Crippen molar-refractivity contribution in [3.63, 3.8) is 0 Å². The summed E-state index contributed by atoms with van der Waals surface area (Å²) in [6.45, 7) is 0. The van der Waals surface area contributed by atoms with Gasteiger partial charge in [0.15, 0.2) is 5.84 Å². The number of nitriles is 1. The van der Waals surface area contributed by atoms with Crippen LogP contribution >= 0.6 is 11.8 Å². The largest absolute Gasteiger partial charge is 0.382 e. The highest BCUT2D eigenvalue weighted by atomic mass is 32.2. The van der Waals surface area contributed by atoms with E-state index < -0.39 is 10.8 Å². The average molecular weight is 346 g/mol. The van der Waals surface area contributed by atoms with Crippen molar-refractivity contribution >= 4 is 34.7 Å². The number of nitro benzene ring substituents is 1. The summed E-state index contributed by atoms with van der Waals surface area (Å²) in [5, 5.41) is 31.4. The molecule has 4 N–H and O–H groups in total. The molecule has 0 bridgehead atoms. The lowest BCUT2D eigenvalue weighted by Crippen LogP contribution is -2.21. The molecule has 0 atom stereocenters. The van der Waals surface area contributed by atoms with E-state index in [9.17, 15) is 10.1 Å². The number of nitro groups is 1. The predicted octanol–water partition coefficient (Wildman–Crippen LogP) is 3.25. The summed E-state index contributed by atoms with van der Waals surface area (Å²) in [4.78, 5) is 11.5. The van der Waals surface area contributed by atoms with E-state index in [1.54, 1.807) is 30.0 Å². The molecule has 1 aliphatic rings. The van der Waals surface area contributed by atoms with Crippen LogP contribution in [0.4, 0.5) is 11.4 Å². The van der Waals surface area contributed by atoms with E-state index in [0.717, 1.165) is 17.7 Å². The third kappa shape index (κ3) is 4.96. The van der Waals surface area contributed by atoms with Crippen molar-refractivity contribution < 1.29 is 4.92 Å². The molecule has 0 aliphatic heterocycles. The molecule has 0 heterocycles. The molecule has 1 aromatic carbocycles. The van der Waals surface area contributed by atoms with Gasteiger partial charge in [-0.1, -0.05) is 19.3 Å². The van der Waals surface area contributed by atoms with E-state index in [4.69, 9.17) is 16.4 Å². The maximum Gasteiger partial charge on any atom is 0.272 e. The van der Waals surface area contributed by atoms with Crippen molar-refractivity contribution in [2.75, 3.05) is 5.43 Å². The summed E-state index contributed by atoms with van der Waals surface area (Å²) < 4.78 is 0. The zero-order valence-corrected chi connectivity index (χ0v) is 13.8. The average Bonchev–Trinajstić information content (AvgIpc) is 2.56. The highest BCUT2D eigenvalue weighted by Crippen LogP contribution is 2.36. The second-order valence-electron chi connectivity index (χ2n) is 5.45. The molecule has 1 aromatic rings. The molecule has 1 fully saturated rings. The Labute approximate surface area is 143 Å². The summed E-state index contributed by atoms with van der Waals surface area (Å²) in [6.07, 6.45) is 5.84. The van der Waals surface area contributed by atoms with Crippen LogP contribution in [0.1, 0.15) is 32.1 Å². The normalized spacial score (nSPS) is 15.5. The molecule has 2 rings (SSSR count). The van der Waals surface area contributed by atoms with E-state index in [1.807, 2.05) is 0 Å². The zero-order valence-electron chi connectivity index (χ0n) is 13.0. The molecule has 0 amide bonds. The number of thioether (sulfide) groups is 1. The fourth-order valence-electron chi connectivity index (χ4n) is 2.46. The van der Waals surface area contributed by atoms with Crippen molar-refractivity contribution in [3.8, 4) is 6.07 Å². The van der Waals surface area contributed by atoms with Crippen LogP contribution in [-0.2, 0) is 0 Å². The number of nitrogens with two attached hydrogens (primary N) is 1. The molecule has 0 spiro atoms. The predicted molar refractivity (Wildman–Crippen MR) is 94.4 cm³/mol. The van der Waals surface area contributed by atoms with Gasteiger partial charge in [-0.25, -0.2) is 0 Å². The van der Waals surface area contributed by atoms with Crippen LogP contribution in [0.3, 0.4) is 0 Å². The molecule has 0 aromatic heterocycles. The first kappa shape index (κ1) is 17.7. The standard InChI is InChI=1S/C15H18N6O2S/c16-9-14(15(17)18)20-19-10-6-11(21(22)23)8-13(7-10)24-12-4-2-1-3-5-12/h6-8,12,19H,1-5H2,(H3,17,18)/b20-14+. The molecule has 24 heavy (non-hydrogen) atoms. The number of nitrogens with one attached hydrogen (secondary N) is 2. The van der Waals surface area contributed by atoms with Gasteiger partial charge in [0.1, 0.15) is 6.07 Å². The summed E-state index contributed by atoms with van der Waals surface area (Å²) >= 11 is 1.63. The molecule has 9 heteroatoms. The number of hydrogen-bond donors (Lipinski definition) is 3. The lowest BCUT2D eigenvalue weighted by Gasteiger charge is -2.21. The number of amidine groups is 1. The molecular formula is C15H18N6O2S. The van der Waals surface area contributed by atoms with Gasteiger partial charge in [0, 0.05) is 22.3 Å². The van der Waals surface area contributed by atoms with Crippen LogP contribution < -0.4 is 11.2 Å². The fraction of sp³-hybridized carbons (Fsp3) is 0.400. The lowest BCUT2D eigenvalue weighted by molar-refractivity contribution is -0.385. The van der Waals surface area contributed by atoms with Gasteiger partial charge in [-0.05, 0) is 18.9 Å². The van der Waals surface area contributed by atoms with Crippen LogP contribution in [-0.4, -0.2) is 21.7 Å². The van der Waals surface area contributed by atoms with Crippen LogP contribution in [0.25, 0.3) is 0 Å². The number of non-ortho nitro benzene ring substituents is 1. The van der Waals surface area contributed by atoms with Gasteiger partial charge in [0.2, 0.25) is 5.71 Å². The molecule has 0 unspecified atom stereocenters. The maximum absolute atomic E-state index is 11.1. The van der Waals surface area contributed by atoms with Gasteiger partial charge in [-0.15, -0.1) is 11.8 Å². The van der Waals surface area contributed by atoms with Crippen molar-refractivity contribution in [1.29, 1.82) is 10.7 Å².